The van der Waals surface area contributed by atoms with E-state index in [9.17, 15) is 4.79 Å². The Morgan fingerprint density at radius 3 is 2.67 bits per heavy atom. The molecule has 1 atom stereocenters. The zero-order chi connectivity index (χ0) is 15.4. The molecule has 0 spiro atoms. The Kier molecular flexibility index (Phi) is 5.67. The fraction of sp³-hybridized carbons (Fsp3) is 0.471. The van der Waals surface area contributed by atoms with Gasteiger partial charge in [0.25, 0.3) is 5.91 Å². The molecule has 0 fully saturated rings. The lowest BCUT2D eigenvalue weighted by Crippen LogP contribution is -2.16. The van der Waals surface area contributed by atoms with Crippen molar-refractivity contribution in [1.29, 1.82) is 0 Å². The monoisotopic (exact) mass is 399 g/mol. The Labute approximate surface area is 140 Å². The average molecular weight is 399 g/mol. The number of hydrogen-bond acceptors (Lipinski definition) is 2. The molecule has 0 aliphatic carbocycles. The van der Waals surface area contributed by atoms with Crippen molar-refractivity contribution in [2.24, 2.45) is 5.92 Å². The van der Waals surface area contributed by atoms with Crippen molar-refractivity contribution >= 4 is 34.2 Å². The third kappa shape index (κ3) is 4.22. The van der Waals surface area contributed by atoms with Crippen LogP contribution in [0.3, 0.4) is 0 Å². The second kappa shape index (κ2) is 7.29. The Hall–Kier alpha value is -1.04. The van der Waals surface area contributed by atoms with Crippen LogP contribution in [0, 0.1) is 5.92 Å². The van der Waals surface area contributed by atoms with Crippen LogP contribution in [0.15, 0.2) is 33.6 Å². The number of hydrogen-bond donors (Lipinski definition) is 1. The second-order valence-corrected chi connectivity index (χ2v) is 6.90. The normalized spacial score (nSPS) is 16.0. The molecule has 0 saturated heterocycles. The molecule has 2 rings (SSSR count). The number of ether oxygens (including phenoxy) is 1. The molecule has 1 heterocycles. The molecule has 1 unspecified atom stereocenters. The van der Waals surface area contributed by atoms with E-state index >= 15 is 0 Å². The predicted octanol–water partition coefficient (Wildman–Crippen LogP) is 4.84. The minimum Gasteiger partial charge on any atom is -0.487 e. The summed E-state index contributed by atoms with van der Waals surface area (Å²) in [6, 6.07) is 8.08. The number of carbonyl (C=O) groups is 1. The highest BCUT2D eigenvalue weighted by molar-refractivity contribution is 14.1. The van der Waals surface area contributed by atoms with E-state index in [0.717, 1.165) is 21.4 Å². The fourth-order valence-corrected chi connectivity index (χ4v) is 3.44. The molecule has 21 heavy (non-hydrogen) atoms. The van der Waals surface area contributed by atoms with Crippen LogP contribution in [0.25, 0.3) is 0 Å². The number of rotatable bonds is 5. The lowest BCUT2D eigenvalue weighted by Gasteiger charge is -2.18. The van der Waals surface area contributed by atoms with Crippen LogP contribution in [0.2, 0.25) is 0 Å². The SMILES string of the molecule is CC(C)CC(C)c1ccccc1NC(=O)C1=C(I)OCC1. The first-order chi connectivity index (χ1) is 9.99. The van der Waals surface area contributed by atoms with Gasteiger partial charge in [0.2, 0.25) is 0 Å². The molecule has 1 N–H and O–H groups in total. The molecule has 0 saturated carbocycles. The Morgan fingerprint density at radius 2 is 2.05 bits per heavy atom. The summed E-state index contributed by atoms with van der Waals surface area (Å²) >= 11 is 2.09. The third-order valence-corrected chi connectivity index (χ3v) is 4.62. The fourth-order valence-electron chi connectivity index (χ4n) is 2.70. The molecule has 1 aromatic carbocycles. The highest BCUT2D eigenvalue weighted by Gasteiger charge is 2.22. The van der Waals surface area contributed by atoms with E-state index in [1.54, 1.807) is 0 Å². The number of anilines is 1. The zero-order valence-corrected chi connectivity index (χ0v) is 14.9. The second-order valence-electron chi connectivity index (χ2n) is 5.92. The molecule has 0 bridgehead atoms. The topological polar surface area (TPSA) is 38.3 Å². The molecular formula is C17H22INO2. The minimum atomic E-state index is -0.0407. The van der Waals surface area contributed by atoms with Gasteiger partial charge in [-0.1, -0.05) is 39.0 Å². The van der Waals surface area contributed by atoms with Gasteiger partial charge in [-0.05, 0) is 52.5 Å². The largest absolute Gasteiger partial charge is 0.487 e. The summed E-state index contributed by atoms with van der Waals surface area (Å²) < 4.78 is 6.08. The quantitative estimate of drug-likeness (QED) is 0.720. The maximum absolute atomic E-state index is 12.4. The van der Waals surface area contributed by atoms with Crippen molar-refractivity contribution in [3.8, 4) is 0 Å². The van der Waals surface area contributed by atoms with Gasteiger partial charge in [-0.3, -0.25) is 4.79 Å². The van der Waals surface area contributed by atoms with E-state index in [0.29, 0.717) is 24.9 Å². The molecule has 3 nitrogen and oxygen atoms in total. The molecule has 114 valence electrons. The predicted molar refractivity (Wildman–Crippen MR) is 94.6 cm³/mol. The molecule has 4 heteroatoms. The Balaban J connectivity index is 2.17. The summed E-state index contributed by atoms with van der Waals surface area (Å²) in [7, 11) is 0. The van der Waals surface area contributed by atoms with Crippen molar-refractivity contribution in [3.63, 3.8) is 0 Å². The van der Waals surface area contributed by atoms with Gasteiger partial charge in [-0.15, -0.1) is 0 Å². The van der Waals surface area contributed by atoms with Gasteiger partial charge in [0.1, 0.15) is 0 Å². The first-order valence-corrected chi connectivity index (χ1v) is 8.48. The highest BCUT2D eigenvalue weighted by atomic mass is 127. The number of benzene rings is 1. The van der Waals surface area contributed by atoms with Gasteiger partial charge in [-0.25, -0.2) is 0 Å². The summed E-state index contributed by atoms with van der Waals surface area (Å²) in [4.78, 5) is 12.4. The number of amides is 1. The van der Waals surface area contributed by atoms with E-state index < -0.39 is 0 Å². The van der Waals surface area contributed by atoms with Crippen molar-refractivity contribution in [1.82, 2.24) is 0 Å². The van der Waals surface area contributed by atoms with E-state index in [4.69, 9.17) is 4.74 Å². The van der Waals surface area contributed by atoms with Gasteiger partial charge < -0.3 is 10.1 Å². The molecule has 1 aromatic rings. The van der Waals surface area contributed by atoms with Crippen LogP contribution in [-0.4, -0.2) is 12.5 Å². The highest BCUT2D eigenvalue weighted by Crippen LogP contribution is 2.31. The third-order valence-electron chi connectivity index (χ3n) is 3.66. The van der Waals surface area contributed by atoms with Crippen LogP contribution >= 0.6 is 22.6 Å². The first kappa shape index (κ1) is 16.3. The van der Waals surface area contributed by atoms with Crippen LogP contribution < -0.4 is 5.32 Å². The van der Waals surface area contributed by atoms with E-state index in [1.165, 1.54) is 5.56 Å². The molecule has 0 aromatic heterocycles. The molecule has 1 amide bonds. The molecule has 1 aliphatic rings. The lowest BCUT2D eigenvalue weighted by atomic mass is 9.91. The Morgan fingerprint density at radius 1 is 1.33 bits per heavy atom. The van der Waals surface area contributed by atoms with Gasteiger partial charge in [0.15, 0.2) is 3.77 Å². The van der Waals surface area contributed by atoms with Crippen molar-refractivity contribution in [2.75, 3.05) is 11.9 Å². The van der Waals surface area contributed by atoms with Crippen LogP contribution in [0.4, 0.5) is 5.69 Å². The maximum atomic E-state index is 12.4. The summed E-state index contributed by atoms with van der Waals surface area (Å²) in [5.41, 5.74) is 2.87. The number of carbonyl (C=O) groups excluding carboxylic acids is 1. The van der Waals surface area contributed by atoms with Gasteiger partial charge >= 0.3 is 0 Å². The minimum absolute atomic E-state index is 0.0407. The van der Waals surface area contributed by atoms with Gasteiger partial charge in [0.05, 0.1) is 12.2 Å². The first-order valence-electron chi connectivity index (χ1n) is 7.40. The van der Waals surface area contributed by atoms with Crippen LogP contribution in [0.5, 0.6) is 0 Å². The maximum Gasteiger partial charge on any atom is 0.255 e. The van der Waals surface area contributed by atoms with Crippen molar-refractivity contribution in [2.45, 2.75) is 39.5 Å². The number of para-hydroxylation sites is 1. The summed E-state index contributed by atoms with van der Waals surface area (Å²) in [6.45, 7) is 7.26. The van der Waals surface area contributed by atoms with E-state index in [1.807, 2.05) is 18.2 Å². The molecular weight excluding hydrogens is 377 g/mol. The van der Waals surface area contributed by atoms with Crippen molar-refractivity contribution < 1.29 is 9.53 Å². The van der Waals surface area contributed by atoms with Gasteiger partial charge in [-0.2, -0.15) is 0 Å². The molecule has 1 aliphatic heterocycles. The Bertz CT molecular complexity index is 551. The van der Waals surface area contributed by atoms with Crippen LogP contribution in [-0.2, 0) is 9.53 Å². The summed E-state index contributed by atoms with van der Waals surface area (Å²) in [6.07, 6.45) is 1.80. The van der Waals surface area contributed by atoms with E-state index in [-0.39, 0.29) is 5.91 Å². The average Bonchev–Trinajstić information content (AvgIpc) is 2.84. The van der Waals surface area contributed by atoms with Crippen molar-refractivity contribution in [3.05, 3.63) is 39.2 Å². The number of halogens is 1. The smallest absolute Gasteiger partial charge is 0.255 e. The molecule has 0 radical (unpaired) electrons. The lowest BCUT2D eigenvalue weighted by molar-refractivity contribution is -0.112. The van der Waals surface area contributed by atoms with Gasteiger partial charge in [0, 0.05) is 12.1 Å². The standard InChI is InChI=1S/C17H22INO2/c1-11(2)10-12(3)13-6-4-5-7-15(13)19-17(20)14-8-9-21-16(14)18/h4-7,11-12H,8-10H2,1-3H3,(H,19,20). The van der Waals surface area contributed by atoms with Crippen LogP contribution in [0.1, 0.15) is 45.1 Å². The summed E-state index contributed by atoms with van der Waals surface area (Å²) in [5, 5.41) is 3.06. The van der Waals surface area contributed by atoms with E-state index in [2.05, 4.69) is 54.7 Å². The number of nitrogens with one attached hydrogen (secondary N) is 1. The summed E-state index contributed by atoms with van der Waals surface area (Å²) in [5.74, 6) is 1.02. The zero-order valence-electron chi connectivity index (χ0n) is 12.8.